The van der Waals surface area contributed by atoms with E-state index in [-0.39, 0.29) is 24.0 Å². The molecule has 2 aliphatic rings. The van der Waals surface area contributed by atoms with Crippen molar-refractivity contribution in [1.82, 2.24) is 20.1 Å². The fourth-order valence-corrected chi connectivity index (χ4v) is 5.80. The van der Waals surface area contributed by atoms with Gasteiger partial charge < -0.3 is 10.2 Å². The number of thioether (sulfide) groups is 1. The van der Waals surface area contributed by atoms with Crippen LogP contribution >= 0.6 is 47.1 Å². The summed E-state index contributed by atoms with van der Waals surface area (Å²) in [6, 6.07) is 0. The second kappa shape index (κ2) is 12.0. The van der Waals surface area contributed by atoms with E-state index in [1.807, 2.05) is 7.05 Å². The smallest absolute Gasteiger partial charge is 0.193 e. The standard InChI is InChI=1S/C20H35N5S2.HI/c1-15(2)19-13-25(9-10-26-19)20(21-4)22-11-17-5-7-24(8-6-17)12-18-14-27-16(3)23-18;/h14-15,17,19H,5-13H2,1-4H3,(H,21,22);1H. The molecule has 1 unspecified atom stereocenters. The van der Waals surface area contributed by atoms with Crippen molar-refractivity contribution in [2.75, 3.05) is 45.5 Å². The fourth-order valence-electron chi connectivity index (χ4n) is 3.90. The third-order valence-corrected chi connectivity index (χ3v) is 8.02. The Morgan fingerprint density at radius 1 is 1.32 bits per heavy atom. The highest BCUT2D eigenvalue weighted by molar-refractivity contribution is 14.0. The number of aryl methyl sites for hydroxylation is 1. The molecule has 2 fully saturated rings. The summed E-state index contributed by atoms with van der Waals surface area (Å²) in [7, 11) is 1.92. The zero-order valence-electron chi connectivity index (χ0n) is 17.7. The minimum Gasteiger partial charge on any atom is -0.356 e. The average molecular weight is 538 g/mol. The first-order valence-corrected chi connectivity index (χ1v) is 12.2. The first-order chi connectivity index (χ1) is 13.0. The molecule has 0 bridgehead atoms. The molecule has 2 aliphatic heterocycles. The van der Waals surface area contributed by atoms with Crippen LogP contribution in [0, 0.1) is 18.8 Å². The van der Waals surface area contributed by atoms with Crippen molar-refractivity contribution in [1.29, 1.82) is 0 Å². The Balaban J connectivity index is 0.00000280. The molecule has 1 N–H and O–H groups in total. The maximum absolute atomic E-state index is 4.61. The van der Waals surface area contributed by atoms with Crippen LogP contribution in [0.3, 0.4) is 0 Å². The number of piperidine rings is 1. The molecule has 0 aliphatic carbocycles. The van der Waals surface area contributed by atoms with Crippen molar-refractivity contribution >= 4 is 53.0 Å². The van der Waals surface area contributed by atoms with Crippen LogP contribution in [-0.4, -0.2) is 71.5 Å². The van der Waals surface area contributed by atoms with Gasteiger partial charge in [0.15, 0.2) is 5.96 Å². The number of nitrogens with one attached hydrogen (secondary N) is 1. The molecule has 2 saturated heterocycles. The Labute approximate surface area is 196 Å². The van der Waals surface area contributed by atoms with Gasteiger partial charge in [-0.15, -0.1) is 35.3 Å². The van der Waals surface area contributed by atoms with Crippen LogP contribution in [0.25, 0.3) is 0 Å². The van der Waals surface area contributed by atoms with E-state index in [1.165, 1.54) is 42.4 Å². The quantitative estimate of drug-likeness (QED) is 0.351. The van der Waals surface area contributed by atoms with Gasteiger partial charge in [-0.05, 0) is 44.7 Å². The van der Waals surface area contributed by atoms with Crippen molar-refractivity contribution in [3.63, 3.8) is 0 Å². The molecule has 1 aromatic rings. The van der Waals surface area contributed by atoms with E-state index in [1.54, 1.807) is 11.3 Å². The number of hydrogen-bond acceptors (Lipinski definition) is 5. The molecule has 5 nitrogen and oxygen atoms in total. The van der Waals surface area contributed by atoms with Gasteiger partial charge in [-0.3, -0.25) is 9.89 Å². The number of likely N-dealkylation sites (tertiary alicyclic amines) is 1. The Morgan fingerprint density at radius 2 is 2.07 bits per heavy atom. The van der Waals surface area contributed by atoms with Crippen molar-refractivity contribution in [2.24, 2.45) is 16.8 Å². The molecule has 1 atom stereocenters. The van der Waals surface area contributed by atoms with Crippen molar-refractivity contribution in [3.05, 3.63) is 16.1 Å². The van der Waals surface area contributed by atoms with Gasteiger partial charge in [-0.2, -0.15) is 11.8 Å². The zero-order valence-corrected chi connectivity index (χ0v) is 21.7. The summed E-state index contributed by atoms with van der Waals surface area (Å²) >= 11 is 3.87. The lowest BCUT2D eigenvalue weighted by Gasteiger charge is -2.37. The third-order valence-electron chi connectivity index (χ3n) is 5.66. The Hall–Kier alpha value is -0.0600. The number of aliphatic imine (C=N–C) groups is 1. The van der Waals surface area contributed by atoms with E-state index in [2.05, 4.69) is 63.0 Å². The summed E-state index contributed by atoms with van der Waals surface area (Å²) in [6.45, 7) is 13.4. The van der Waals surface area contributed by atoms with Gasteiger partial charge in [0.1, 0.15) is 0 Å². The lowest BCUT2D eigenvalue weighted by molar-refractivity contribution is 0.176. The van der Waals surface area contributed by atoms with Crippen LogP contribution in [0.2, 0.25) is 0 Å². The summed E-state index contributed by atoms with van der Waals surface area (Å²) < 4.78 is 0. The van der Waals surface area contributed by atoms with Crippen molar-refractivity contribution < 1.29 is 0 Å². The van der Waals surface area contributed by atoms with E-state index in [0.29, 0.717) is 0 Å². The lowest BCUT2D eigenvalue weighted by atomic mass is 9.97. The van der Waals surface area contributed by atoms with Gasteiger partial charge in [0.25, 0.3) is 0 Å². The lowest BCUT2D eigenvalue weighted by Crippen LogP contribution is -2.50. The van der Waals surface area contributed by atoms with Crippen LogP contribution in [0.4, 0.5) is 0 Å². The number of nitrogens with zero attached hydrogens (tertiary/aromatic N) is 4. The van der Waals surface area contributed by atoms with Crippen LogP contribution in [0.1, 0.15) is 37.4 Å². The molecule has 0 saturated carbocycles. The average Bonchev–Trinajstić information content (AvgIpc) is 3.08. The van der Waals surface area contributed by atoms with Crippen molar-refractivity contribution in [2.45, 2.75) is 45.4 Å². The number of guanidine groups is 1. The molecule has 1 aromatic heterocycles. The molecule has 28 heavy (non-hydrogen) atoms. The van der Waals surface area contributed by atoms with Crippen LogP contribution in [0.15, 0.2) is 10.4 Å². The summed E-state index contributed by atoms with van der Waals surface area (Å²) in [5, 5.41) is 7.77. The zero-order chi connectivity index (χ0) is 19.2. The summed E-state index contributed by atoms with van der Waals surface area (Å²) in [4.78, 5) is 14.2. The molecular weight excluding hydrogens is 501 g/mol. The minimum absolute atomic E-state index is 0. The first-order valence-electron chi connectivity index (χ1n) is 10.3. The predicted octanol–water partition coefficient (Wildman–Crippen LogP) is 3.93. The van der Waals surface area contributed by atoms with E-state index < -0.39 is 0 Å². The first kappa shape index (κ1) is 24.2. The molecule has 0 aromatic carbocycles. The minimum atomic E-state index is 0. The number of halogens is 1. The van der Waals surface area contributed by atoms with Crippen LogP contribution in [-0.2, 0) is 6.54 Å². The second-order valence-electron chi connectivity index (χ2n) is 8.10. The van der Waals surface area contributed by atoms with Crippen LogP contribution in [0.5, 0.6) is 0 Å². The Bertz CT molecular complexity index is 613. The highest BCUT2D eigenvalue weighted by atomic mass is 127. The highest BCUT2D eigenvalue weighted by Crippen LogP contribution is 2.25. The highest BCUT2D eigenvalue weighted by Gasteiger charge is 2.26. The van der Waals surface area contributed by atoms with Gasteiger partial charge >= 0.3 is 0 Å². The molecule has 8 heteroatoms. The molecule has 160 valence electrons. The van der Waals surface area contributed by atoms with E-state index in [4.69, 9.17) is 0 Å². The number of hydrogen-bond donors (Lipinski definition) is 1. The summed E-state index contributed by atoms with van der Waals surface area (Å²) in [6.07, 6.45) is 2.52. The molecule has 0 radical (unpaired) electrons. The van der Waals surface area contributed by atoms with Gasteiger partial charge in [0, 0.05) is 49.6 Å². The van der Waals surface area contributed by atoms with Crippen molar-refractivity contribution in [3.8, 4) is 0 Å². The SMILES string of the molecule is CN=C(NCC1CCN(Cc2csc(C)n2)CC1)N1CCSC(C(C)C)C1.I. The maximum atomic E-state index is 4.61. The molecule has 3 rings (SSSR count). The topological polar surface area (TPSA) is 43.8 Å². The molecular formula is C20H36IN5S2. The van der Waals surface area contributed by atoms with Gasteiger partial charge in [0.05, 0.1) is 10.7 Å². The fraction of sp³-hybridized carbons (Fsp3) is 0.800. The summed E-state index contributed by atoms with van der Waals surface area (Å²) in [5.41, 5.74) is 1.23. The number of thiazole rings is 1. The number of rotatable bonds is 5. The maximum Gasteiger partial charge on any atom is 0.193 e. The largest absolute Gasteiger partial charge is 0.356 e. The molecule has 0 spiro atoms. The Kier molecular flexibility index (Phi) is 10.3. The number of aromatic nitrogens is 1. The van der Waals surface area contributed by atoms with E-state index in [0.717, 1.165) is 49.2 Å². The van der Waals surface area contributed by atoms with Gasteiger partial charge in [0.2, 0.25) is 0 Å². The van der Waals surface area contributed by atoms with Crippen LogP contribution < -0.4 is 5.32 Å². The van der Waals surface area contributed by atoms with Gasteiger partial charge in [-0.1, -0.05) is 13.8 Å². The summed E-state index contributed by atoms with van der Waals surface area (Å²) in [5.74, 6) is 3.77. The Morgan fingerprint density at radius 3 is 2.68 bits per heavy atom. The second-order valence-corrected chi connectivity index (χ2v) is 10.5. The predicted molar refractivity (Wildman–Crippen MR) is 134 cm³/mol. The monoisotopic (exact) mass is 537 g/mol. The van der Waals surface area contributed by atoms with E-state index in [9.17, 15) is 0 Å². The van der Waals surface area contributed by atoms with E-state index >= 15 is 0 Å². The molecule has 3 heterocycles. The normalized spacial score (nSPS) is 22.4. The third kappa shape index (κ3) is 7.02. The molecule has 0 amide bonds. The van der Waals surface area contributed by atoms with Gasteiger partial charge in [-0.25, -0.2) is 4.98 Å².